The summed E-state index contributed by atoms with van der Waals surface area (Å²) in [5.41, 5.74) is 3.35. The maximum Gasteiger partial charge on any atom is 0.160 e. The van der Waals surface area contributed by atoms with Crippen LogP contribution in [0.3, 0.4) is 0 Å². The molecule has 4 aromatic rings. The van der Waals surface area contributed by atoms with Gasteiger partial charge in [0, 0.05) is 32.5 Å². The van der Waals surface area contributed by atoms with Gasteiger partial charge in [0.25, 0.3) is 0 Å². The Hall–Kier alpha value is -2.57. The van der Waals surface area contributed by atoms with E-state index < -0.39 is 8.07 Å². The van der Waals surface area contributed by atoms with Crippen molar-refractivity contribution in [1.82, 2.24) is 19.5 Å². The first-order valence-electron chi connectivity index (χ1n) is 9.25. The van der Waals surface area contributed by atoms with Crippen molar-refractivity contribution in [3.05, 3.63) is 55.0 Å². The average molecular weight is 377 g/mol. The minimum Gasteiger partial charge on any atom is -0.361 e. The maximum absolute atomic E-state index is 5.85. The summed E-state index contributed by atoms with van der Waals surface area (Å²) in [6.45, 7) is 8.37. The van der Waals surface area contributed by atoms with E-state index in [1.54, 1.807) is 6.20 Å². The molecule has 0 bridgehead atoms. The summed E-state index contributed by atoms with van der Waals surface area (Å²) >= 11 is 0. The molecule has 0 radical (unpaired) electrons. The van der Waals surface area contributed by atoms with Crippen LogP contribution >= 0.6 is 0 Å². The second kappa shape index (κ2) is 7.21. The molecule has 4 rings (SSSR count). The number of nitrogens with zero attached hydrogens (tertiary/aromatic N) is 4. The summed E-state index contributed by atoms with van der Waals surface area (Å²) in [6, 6.07) is 13.4. The number of hydrogen-bond donors (Lipinski definition) is 0. The van der Waals surface area contributed by atoms with Gasteiger partial charge in [-0.3, -0.25) is 4.98 Å². The van der Waals surface area contributed by atoms with Gasteiger partial charge in [0.2, 0.25) is 0 Å². The largest absolute Gasteiger partial charge is 0.361 e. The van der Waals surface area contributed by atoms with E-state index in [1.165, 1.54) is 0 Å². The Morgan fingerprint density at radius 1 is 1.04 bits per heavy atom. The maximum atomic E-state index is 5.85. The van der Waals surface area contributed by atoms with Gasteiger partial charge in [-0.1, -0.05) is 43.9 Å². The van der Waals surface area contributed by atoms with E-state index >= 15 is 0 Å². The lowest BCUT2D eigenvalue weighted by Gasteiger charge is -2.15. The van der Waals surface area contributed by atoms with Crippen molar-refractivity contribution in [2.45, 2.75) is 32.4 Å². The smallest absolute Gasteiger partial charge is 0.160 e. The van der Waals surface area contributed by atoms with Crippen LogP contribution < -0.4 is 0 Å². The first kappa shape index (κ1) is 17.8. The summed E-state index contributed by atoms with van der Waals surface area (Å²) in [6.07, 6.45) is 5.61. The molecule has 3 aromatic heterocycles. The van der Waals surface area contributed by atoms with E-state index in [0.717, 1.165) is 46.0 Å². The predicted molar refractivity (Wildman–Crippen MR) is 112 cm³/mol. The van der Waals surface area contributed by atoms with Crippen LogP contribution in [0.15, 0.2) is 55.0 Å². The monoisotopic (exact) mass is 376 g/mol. The van der Waals surface area contributed by atoms with Crippen molar-refractivity contribution < 1.29 is 4.74 Å². The number of benzene rings is 1. The van der Waals surface area contributed by atoms with Gasteiger partial charge in [-0.2, -0.15) is 0 Å². The van der Waals surface area contributed by atoms with Gasteiger partial charge in [-0.15, -0.1) is 0 Å². The van der Waals surface area contributed by atoms with Gasteiger partial charge in [-0.05, 0) is 23.6 Å². The molecule has 0 unspecified atom stereocenters. The molecule has 5 nitrogen and oxygen atoms in total. The van der Waals surface area contributed by atoms with Gasteiger partial charge >= 0.3 is 0 Å². The van der Waals surface area contributed by atoms with Crippen LogP contribution in [0.5, 0.6) is 0 Å². The van der Waals surface area contributed by atoms with Crippen molar-refractivity contribution in [3.8, 4) is 11.4 Å². The minimum absolute atomic E-state index is 0.508. The molecule has 0 aliphatic heterocycles. The van der Waals surface area contributed by atoms with Crippen LogP contribution in [-0.2, 0) is 11.5 Å². The third-order valence-electron chi connectivity index (χ3n) is 4.61. The molecular weight excluding hydrogens is 352 g/mol. The van der Waals surface area contributed by atoms with Gasteiger partial charge in [0.1, 0.15) is 17.9 Å². The SMILES string of the molecule is C[Si](C)(C)CCOCn1ccc2nc(-c3nccc4ccccc34)cnc21. The highest BCUT2D eigenvalue weighted by molar-refractivity contribution is 6.76. The Kier molecular flexibility index (Phi) is 4.76. The Bertz CT molecular complexity index is 1080. The molecule has 27 heavy (non-hydrogen) atoms. The third kappa shape index (κ3) is 3.91. The highest BCUT2D eigenvalue weighted by atomic mass is 28.3. The Labute approximate surface area is 160 Å². The number of pyridine rings is 1. The van der Waals surface area contributed by atoms with E-state index in [0.29, 0.717) is 6.73 Å². The van der Waals surface area contributed by atoms with Crippen LogP contribution in [0.1, 0.15) is 0 Å². The van der Waals surface area contributed by atoms with Gasteiger partial charge < -0.3 is 9.30 Å². The number of rotatable bonds is 6. The van der Waals surface area contributed by atoms with E-state index in [2.05, 4.69) is 41.7 Å². The number of ether oxygens (including phenoxy) is 1. The summed E-state index contributed by atoms with van der Waals surface area (Å²) in [4.78, 5) is 14.0. The van der Waals surface area contributed by atoms with Crippen molar-refractivity contribution in [2.24, 2.45) is 0 Å². The molecule has 0 aliphatic rings. The molecule has 0 amide bonds. The fraction of sp³-hybridized carbons (Fsp3) is 0.286. The number of fused-ring (bicyclic) bond motifs is 2. The average Bonchev–Trinajstić information content (AvgIpc) is 3.06. The molecule has 0 atom stereocenters. The van der Waals surface area contributed by atoms with Crippen LogP contribution in [0, 0.1) is 0 Å². The summed E-state index contributed by atoms with van der Waals surface area (Å²) in [5, 5.41) is 2.24. The molecule has 0 aliphatic carbocycles. The molecule has 0 saturated heterocycles. The molecule has 6 heteroatoms. The lowest BCUT2D eigenvalue weighted by atomic mass is 10.1. The van der Waals surface area contributed by atoms with Crippen molar-refractivity contribution in [1.29, 1.82) is 0 Å². The second-order valence-corrected chi connectivity index (χ2v) is 13.6. The lowest BCUT2D eigenvalue weighted by Crippen LogP contribution is -2.22. The minimum atomic E-state index is -1.07. The van der Waals surface area contributed by atoms with E-state index in [1.807, 2.05) is 41.2 Å². The molecule has 1 aromatic carbocycles. The van der Waals surface area contributed by atoms with E-state index in [4.69, 9.17) is 9.72 Å². The quantitative estimate of drug-likeness (QED) is 0.352. The third-order valence-corrected chi connectivity index (χ3v) is 6.31. The fourth-order valence-electron chi connectivity index (χ4n) is 3.04. The van der Waals surface area contributed by atoms with Crippen molar-refractivity contribution in [2.75, 3.05) is 6.61 Å². The van der Waals surface area contributed by atoms with Crippen LogP contribution in [0.25, 0.3) is 33.3 Å². The second-order valence-electron chi connectivity index (χ2n) is 7.98. The van der Waals surface area contributed by atoms with Crippen LogP contribution in [-0.4, -0.2) is 34.2 Å². The molecule has 0 spiro atoms. The van der Waals surface area contributed by atoms with Crippen molar-refractivity contribution in [3.63, 3.8) is 0 Å². The zero-order chi connectivity index (χ0) is 18.9. The first-order valence-corrected chi connectivity index (χ1v) is 13.0. The summed E-state index contributed by atoms with van der Waals surface area (Å²) < 4.78 is 7.86. The zero-order valence-electron chi connectivity index (χ0n) is 16.0. The predicted octanol–water partition coefficient (Wildman–Crippen LogP) is 4.96. The highest BCUT2D eigenvalue weighted by Crippen LogP contribution is 2.25. The van der Waals surface area contributed by atoms with E-state index in [-0.39, 0.29) is 0 Å². The molecule has 0 N–H and O–H groups in total. The summed E-state index contributed by atoms with van der Waals surface area (Å²) in [5.74, 6) is 0. The normalized spacial score (nSPS) is 12.1. The molecular formula is C21H24N4OSi. The number of hydrogen-bond acceptors (Lipinski definition) is 4. The fourth-order valence-corrected chi connectivity index (χ4v) is 3.80. The lowest BCUT2D eigenvalue weighted by molar-refractivity contribution is 0.0899. The van der Waals surface area contributed by atoms with Gasteiger partial charge in [0.15, 0.2) is 5.65 Å². The van der Waals surface area contributed by atoms with E-state index in [9.17, 15) is 0 Å². The zero-order valence-corrected chi connectivity index (χ0v) is 17.0. The Morgan fingerprint density at radius 2 is 1.89 bits per heavy atom. The molecule has 3 heterocycles. The standard InChI is InChI=1S/C21H24N4OSi/c1-27(2,3)13-12-26-15-25-11-9-18-21(25)23-14-19(24-18)20-17-7-5-4-6-16(17)8-10-22-20/h4-11,14H,12-13,15H2,1-3H3. The van der Waals surface area contributed by atoms with Crippen LogP contribution in [0.4, 0.5) is 0 Å². The molecule has 138 valence electrons. The molecule has 0 fully saturated rings. The highest BCUT2D eigenvalue weighted by Gasteiger charge is 2.13. The number of aromatic nitrogens is 4. The Balaban J connectivity index is 1.59. The van der Waals surface area contributed by atoms with Gasteiger partial charge in [0.05, 0.1) is 11.9 Å². The van der Waals surface area contributed by atoms with Crippen molar-refractivity contribution >= 4 is 30.0 Å². The first-order chi connectivity index (χ1) is 13.0. The molecule has 0 saturated carbocycles. The summed E-state index contributed by atoms with van der Waals surface area (Å²) in [7, 11) is -1.07. The topological polar surface area (TPSA) is 52.8 Å². The van der Waals surface area contributed by atoms with Crippen LogP contribution in [0.2, 0.25) is 25.7 Å². The Morgan fingerprint density at radius 3 is 2.74 bits per heavy atom. The van der Waals surface area contributed by atoms with Gasteiger partial charge in [-0.25, -0.2) is 9.97 Å².